The average molecular weight is 335 g/mol. The average Bonchev–Trinajstić information content (AvgIpc) is 2.85. The van der Waals surface area contributed by atoms with E-state index in [0.29, 0.717) is 0 Å². The Kier molecular flexibility index (Phi) is 7.03. The highest BCUT2D eigenvalue weighted by molar-refractivity contribution is 5.85. The largest absolute Gasteiger partial charge is 0.435 e. The Bertz CT molecular complexity index is 485. The lowest BCUT2D eigenvalue weighted by Crippen LogP contribution is -2.32. The zero-order valence-corrected chi connectivity index (χ0v) is 13.1. The lowest BCUT2D eigenvalue weighted by atomic mass is 10.0. The van der Waals surface area contributed by atoms with Gasteiger partial charge in [0, 0.05) is 12.0 Å². The standard InChI is InChI=1S/C15H20F2N2O2.ClH/c1-9(19-14(20)11-2-5-12(18)8-11)10-3-6-13(7-4-10)21-15(16)17;/h3-4,6-7,9,11-12,15H,2,5,8,18H2,1H3,(H,19,20);1H. The van der Waals surface area contributed by atoms with Gasteiger partial charge >= 0.3 is 6.61 Å². The van der Waals surface area contributed by atoms with E-state index < -0.39 is 6.61 Å². The topological polar surface area (TPSA) is 64.4 Å². The molecule has 1 amide bonds. The van der Waals surface area contributed by atoms with E-state index in [1.807, 2.05) is 6.92 Å². The highest BCUT2D eigenvalue weighted by Crippen LogP contribution is 2.25. The first-order valence-corrected chi connectivity index (χ1v) is 7.06. The van der Waals surface area contributed by atoms with Crippen LogP contribution in [0.1, 0.15) is 37.8 Å². The van der Waals surface area contributed by atoms with Crippen LogP contribution in [0.5, 0.6) is 5.75 Å². The molecule has 1 saturated carbocycles. The Morgan fingerprint density at radius 2 is 1.95 bits per heavy atom. The quantitative estimate of drug-likeness (QED) is 0.870. The van der Waals surface area contributed by atoms with Crippen LogP contribution in [-0.2, 0) is 4.79 Å². The van der Waals surface area contributed by atoms with Gasteiger partial charge in [0.25, 0.3) is 0 Å². The highest BCUT2D eigenvalue weighted by atomic mass is 35.5. The summed E-state index contributed by atoms with van der Waals surface area (Å²) < 4.78 is 28.4. The number of rotatable bonds is 5. The van der Waals surface area contributed by atoms with Crippen molar-refractivity contribution in [1.82, 2.24) is 5.32 Å². The van der Waals surface area contributed by atoms with Crippen molar-refractivity contribution in [2.75, 3.05) is 0 Å². The summed E-state index contributed by atoms with van der Waals surface area (Å²) in [4.78, 5) is 12.1. The van der Waals surface area contributed by atoms with E-state index in [0.717, 1.165) is 24.8 Å². The molecule has 0 saturated heterocycles. The molecule has 1 aliphatic rings. The van der Waals surface area contributed by atoms with Gasteiger partial charge in [-0.15, -0.1) is 12.4 Å². The molecule has 2 rings (SSSR count). The van der Waals surface area contributed by atoms with E-state index in [9.17, 15) is 13.6 Å². The van der Waals surface area contributed by atoms with Crippen LogP contribution >= 0.6 is 12.4 Å². The Morgan fingerprint density at radius 1 is 1.32 bits per heavy atom. The first-order chi connectivity index (χ1) is 9.95. The third-order valence-corrected chi connectivity index (χ3v) is 3.81. The molecule has 0 spiro atoms. The number of halogens is 3. The molecule has 1 aromatic rings. The first kappa shape index (κ1) is 18.6. The molecule has 0 aromatic heterocycles. The molecular weight excluding hydrogens is 314 g/mol. The number of alkyl halides is 2. The fraction of sp³-hybridized carbons (Fsp3) is 0.533. The molecule has 7 heteroatoms. The van der Waals surface area contributed by atoms with Crippen LogP contribution in [0.25, 0.3) is 0 Å². The van der Waals surface area contributed by atoms with E-state index in [1.54, 1.807) is 12.1 Å². The van der Waals surface area contributed by atoms with Crippen LogP contribution in [-0.4, -0.2) is 18.6 Å². The zero-order valence-electron chi connectivity index (χ0n) is 12.3. The van der Waals surface area contributed by atoms with Crippen molar-refractivity contribution in [3.63, 3.8) is 0 Å². The van der Waals surface area contributed by atoms with Crippen molar-refractivity contribution in [2.24, 2.45) is 11.7 Å². The summed E-state index contributed by atoms with van der Waals surface area (Å²) >= 11 is 0. The van der Waals surface area contributed by atoms with Crippen LogP contribution in [0, 0.1) is 5.92 Å². The van der Waals surface area contributed by atoms with E-state index in [4.69, 9.17) is 5.73 Å². The molecule has 3 N–H and O–H groups in total. The minimum Gasteiger partial charge on any atom is -0.435 e. The second kappa shape index (κ2) is 8.29. The number of hydrogen-bond acceptors (Lipinski definition) is 3. The zero-order chi connectivity index (χ0) is 15.4. The molecule has 3 unspecified atom stereocenters. The third-order valence-electron chi connectivity index (χ3n) is 3.81. The maximum absolute atomic E-state index is 12.1. The van der Waals surface area contributed by atoms with Crippen molar-refractivity contribution in [2.45, 2.75) is 44.9 Å². The highest BCUT2D eigenvalue weighted by Gasteiger charge is 2.28. The second-order valence-electron chi connectivity index (χ2n) is 5.45. The Labute approximate surface area is 134 Å². The molecule has 0 aliphatic heterocycles. The van der Waals surface area contributed by atoms with E-state index in [2.05, 4.69) is 10.1 Å². The Hall–Kier alpha value is -1.40. The van der Waals surface area contributed by atoms with Crippen LogP contribution in [0.2, 0.25) is 0 Å². The predicted octanol–water partition coefficient (Wildman–Crippen LogP) is 3.01. The number of nitrogens with one attached hydrogen (secondary N) is 1. The van der Waals surface area contributed by atoms with Gasteiger partial charge in [-0.25, -0.2) is 0 Å². The SMILES string of the molecule is CC(NC(=O)C1CCC(N)C1)c1ccc(OC(F)F)cc1.Cl. The van der Waals surface area contributed by atoms with E-state index in [1.165, 1.54) is 12.1 Å². The molecule has 3 atom stereocenters. The number of nitrogens with two attached hydrogens (primary N) is 1. The maximum Gasteiger partial charge on any atom is 0.387 e. The van der Waals surface area contributed by atoms with Gasteiger partial charge in [-0.2, -0.15) is 8.78 Å². The summed E-state index contributed by atoms with van der Waals surface area (Å²) in [6.45, 7) is -0.977. The number of hydrogen-bond donors (Lipinski definition) is 2. The van der Waals surface area contributed by atoms with Crippen molar-refractivity contribution < 1.29 is 18.3 Å². The van der Waals surface area contributed by atoms with Gasteiger partial charge < -0.3 is 15.8 Å². The van der Waals surface area contributed by atoms with Crippen LogP contribution in [0.15, 0.2) is 24.3 Å². The Morgan fingerprint density at radius 3 is 2.45 bits per heavy atom. The summed E-state index contributed by atoms with van der Waals surface area (Å²) in [6.07, 6.45) is 2.42. The monoisotopic (exact) mass is 334 g/mol. The number of carbonyl (C=O) groups excluding carboxylic acids is 1. The van der Waals surface area contributed by atoms with Crippen molar-refractivity contribution in [3.05, 3.63) is 29.8 Å². The molecule has 0 heterocycles. The first-order valence-electron chi connectivity index (χ1n) is 7.06. The summed E-state index contributed by atoms with van der Waals surface area (Å²) in [5, 5.41) is 2.94. The predicted molar refractivity (Wildman–Crippen MR) is 82.2 cm³/mol. The fourth-order valence-electron chi connectivity index (χ4n) is 2.61. The number of carbonyl (C=O) groups is 1. The summed E-state index contributed by atoms with van der Waals surface area (Å²) in [7, 11) is 0. The van der Waals surface area contributed by atoms with E-state index in [-0.39, 0.29) is 42.1 Å². The summed E-state index contributed by atoms with van der Waals surface area (Å²) in [6, 6.07) is 6.20. The molecule has 4 nitrogen and oxygen atoms in total. The van der Waals surface area contributed by atoms with Crippen molar-refractivity contribution in [3.8, 4) is 5.75 Å². The maximum atomic E-state index is 12.1. The lowest BCUT2D eigenvalue weighted by molar-refractivity contribution is -0.125. The van der Waals surface area contributed by atoms with Crippen LogP contribution < -0.4 is 15.8 Å². The second-order valence-corrected chi connectivity index (χ2v) is 5.45. The van der Waals surface area contributed by atoms with Gasteiger partial charge in [-0.3, -0.25) is 4.79 Å². The van der Waals surface area contributed by atoms with Gasteiger partial charge in [0.1, 0.15) is 5.75 Å². The van der Waals surface area contributed by atoms with Gasteiger partial charge in [0.05, 0.1) is 6.04 Å². The number of amides is 1. The number of benzene rings is 1. The summed E-state index contributed by atoms with van der Waals surface area (Å²) in [5.74, 6) is 0.0845. The Balaban J connectivity index is 0.00000242. The molecule has 124 valence electrons. The van der Waals surface area contributed by atoms with Crippen molar-refractivity contribution in [1.29, 1.82) is 0 Å². The van der Waals surface area contributed by atoms with E-state index >= 15 is 0 Å². The lowest BCUT2D eigenvalue weighted by Gasteiger charge is -2.18. The van der Waals surface area contributed by atoms with Crippen LogP contribution in [0.4, 0.5) is 8.78 Å². The summed E-state index contributed by atoms with van der Waals surface area (Å²) in [5.41, 5.74) is 6.65. The molecule has 1 aliphatic carbocycles. The molecule has 0 bridgehead atoms. The normalized spacial score (nSPS) is 22.0. The van der Waals surface area contributed by atoms with Gasteiger partial charge in [0.2, 0.25) is 5.91 Å². The molecule has 0 radical (unpaired) electrons. The molecular formula is C15H21ClF2N2O2. The minimum atomic E-state index is -2.83. The minimum absolute atomic E-state index is 0. The third kappa shape index (κ3) is 5.10. The van der Waals surface area contributed by atoms with Gasteiger partial charge in [0.15, 0.2) is 0 Å². The molecule has 1 fully saturated rings. The molecule has 1 aromatic carbocycles. The van der Waals surface area contributed by atoms with Crippen LogP contribution in [0.3, 0.4) is 0 Å². The van der Waals surface area contributed by atoms with Crippen molar-refractivity contribution >= 4 is 18.3 Å². The fourth-order valence-corrected chi connectivity index (χ4v) is 2.61. The smallest absolute Gasteiger partial charge is 0.387 e. The number of ether oxygens (including phenoxy) is 1. The molecule has 22 heavy (non-hydrogen) atoms. The van der Waals surface area contributed by atoms with Gasteiger partial charge in [-0.05, 0) is 43.9 Å². The van der Waals surface area contributed by atoms with Gasteiger partial charge in [-0.1, -0.05) is 12.1 Å².